The van der Waals surface area contributed by atoms with Gasteiger partial charge in [-0.15, -0.1) is 11.8 Å². The van der Waals surface area contributed by atoms with Gasteiger partial charge in [-0.25, -0.2) is 0 Å². The van der Waals surface area contributed by atoms with Crippen LogP contribution in [0.15, 0.2) is 48.8 Å². The quantitative estimate of drug-likeness (QED) is 0.840. The number of thioether (sulfide) groups is 1. The largest absolute Gasteiger partial charge is 0.341 e. The summed E-state index contributed by atoms with van der Waals surface area (Å²) in [6.07, 6.45) is 3.44. The maximum absolute atomic E-state index is 12.1. The molecule has 0 bridgehead atoms. The van der Waals surface area contributed by atoms with Gasteiger partial charge in [0.1, 0.15) is 0 Å². The molecule has 0 fully saturated rings. The van der Waals surface area contributed by atoms with Crippen molar-refractivity contribution >= 4 is 29.3 Å². The van der Waals surface area contributed by atoms with Gasteiger partial charge in [0.15, 0.2) is 0 Å². The van der Waals surface area contributed by atoms with Gasteiger partial charge in [-0.05, 0) is 30.7 Å². The van der Waals surface area contributed by atoms with Gasteiger partial charge in [0.05, 0.1) is 11.5 Å². The first-order valence-electron chi connectivity index (χ1n) is 7.62. The lowest BCUT2D eigenvalue weighted by atomic mass is 10.2. The van der Waals surface area contributed by atoms with Gasteiger partial charge in [0.2, 0.25) is 11.8 Å². The van der Waals surface area contributed by atoms with Crippen LogP contribution in [0.4, 0.5) is 5.69 Å². The number of aromatic nitrogens is 1. The molecule has 1 aromatic carbocycles. The molecule has 0 aliphatic carbocycles. The molecule has 0 atom stereocenters. The Kier molecular flexibility index (Phi) is 6.81. The molecule has 0 radical (unpaired) electrons. The lowest BCUT2D eigenvalue weighted by Gasteiger charge is -2.16. The molecule has 0 unspecified atom stereocenters. The standard InChI is InChI=1S/C18H21N3O2S/c1-14-5-7-16(8-6-14)20-17(22)12-24-13-18(23)21(2)11-15-4-3-9-19-10-15/h3-10H,11-13H2,1-2H3,(H,20,22). The second kappa shape index (κ2) is 9.08. The van der Waals surface area contributed by atoms with E-state index in [0.29, 0.717) is 6.54 Å². The molecular formula is C18H21N3O2S. The predicted octanol–water partition coefficient (Wildman–Crippen LogP) is 2.72. The summed E-state index contributed by atoms with van der Waals surface area (Å²) in [6, 6.07) is 11.4. The molecule has 0 saturated heterocycles. The minimum Gasteiger partial charge on any atom is -0.341 e. The Labute approximate surface area is 146 Å². The van der Waals surface area contributed by atoms with E-state index in [9.17, 15) is 9.59 Å². The maximum atomic E-state index is 12.1. The third-order valence-corrected chi connectivity index (χ3v) is 4.28. The Bertz CT molecular complexity index is 674. The number of aryl methyl sites for hydroxylation is 1. The molecule has 5 nitrogen and oxygen atoms in total. The van der Waals surface area contributed by atoms with E-state index in [-0.39, 0.29) is 23.3 Å². The van der Waals surface area contributed by atoms with Crippen LogP contribution in [0.3, 0.4) is 0 Å². The Balaban J connectivity index is 1.69. The Hall–Kier alpha value is -2.34. The summed E-state index contributed by atoms with van der Waals surface area (Å²) in [4.78, 5) is 29.6. The fraction of sp³-hybridized carbons (Fsp3) is 0.278. The molecule has 0 aliphatic rings. The van der Waals surface area contributed by atoms with Crippen molar-refractivity contribution in [3.8, 4) is 0 Å². The van der Waals surface area contributed by atoms with Gasteiger partial charge in [-0.1, -0.05) is 23.8 Å². The molecule has 0 aliphatic heterocycles. The lowest BCUT2D eigenvalue weighted by molar-refractivity contribution is -0.127. The van der Waals surface area contributed by atoms with Crippen LogP contribution in [0, 0.1) is 6.92 Å². The number of nitrogens with one attached hydrogen (secondary N) is 1. The third-order valence-electron chi connectivity index (χ3n) is 3.36. The van der Waals surface area contributed by atoms with Gasteiger partial charge >= 0.3 is 0 Å². The van der Waals surface area contributed by atoms with E-state index in [2.05, 4.69) is 10.3 Å². The number of carbonyl (C=O) groups excluding carboxylic acids is 2. The average molecular weight is 343 g/mol. The first kappa shape index (κ1) is 18.0. The van der Waals surface area contributed by atoms with Crippen LogP contribution in [0.1, 0.15) is 11.1 Å². The van der Waals surface area contributed by atoms with Crippen molar-refractivity contribution in [3.63, 3.8) is 0 Å². The van der Waals surface area contributed by atoms with E-state index < -0.39 is 0 Å². The van der Waals surface area contributed by atoms with Crippen molar-refractivity contribution in [3.05, 3.63) is 59.9 Å². The summed E-state index contributed by atoms with van der Waals surface area (Å²) >= 11 is 1.31. The zero-order valence-corrected chi connectivity index (χ0v) is 14.7. The van der Waals surface area contributed by atoms with E-state index in [4.69, 9.17) is 0 Å². The van der Waals surface area contributed by atoms with Crippen LogP contribution in [-0.2, 0) is 16.1 Å². The minimum atomic E-state index is -0.105. The zero-order valence-electron chi connectivity index (χ0n) is 13.9. The summed E-state index contributed by atoms with van der Waals surface area (Å²) < 4.78 is 0. The van der Waals surface area contributed by atoms with Crippen molar-refractivity contribution in [2.24, 2.45) is 0 Å². The first-order valence-corrected chi connectivity index (χ1v) is 8.77. The Morgan fingerprint density at radius 2 is 1.92 bits per heavy atom. The van der Waals surface area contributed by atoms with E-state index >= 15 is 0 Å². The normalized spacial score (nSPS) is 10.2. The Morgan fingerprint density at radius 3 is 2.58 bits per heavy atom. The summed E-state index contributed by atoms with van der Waals surface area (Å²) in [5.74, 6) is 0.414. The molecule has 24 heavy (non-hydrogen) atoms. The number of hydrogen-bond donors (Lipinski definition) is 1. The van der Waals surface area contributed by atoms with Gasteiger partial charge in [-0.3, -0.25) is 14.6 Å². The van der Waals surface area contributed by atoms with Crippen molar-refractivity contribution in [1.29, 1.82) is 0 Å². The van der Waals surface area contributed by atoms with E-state index in [1.807, 2.05) is 43.3 Å². The highest BCUT2D eigenvalue weighted by Crippen LogP contribution is 2.10. The fourth-order valence-electron chi connectivity index (χ4n) is 2.03. The number of amides is 2. The second-order valence-corrected chi connectivity index (χ2v) is 6.50. The summed E-state index contributed by atoms with van der Waals surface area (Å²) in [6.45, 7) is 2.51. The number of rotatable bonds is 7. The molecule has 1 heterocycles. The van der Waals surface area contributed by atoms with Crippen molar-refractivity contribution < 1.29 is 9.59 Å². The lowest BCUT2D eigenvalue weighted by Crippen LogP contribution is -2.28. The predicted molar refractivity (Wildman–Crippen MR) is 97.8 cm³/mol. The molecule has 0 spiro atoms. The van der Waals surface area contributed by atoms with Crippen molar-refractivity contribution in [1.82, 2.24) is 9.88 Å². The zero-order chi connectivity index (χ0) is 17.4. The third kappa shape index (κ3) is 6.04. The van der Waals surface area contributed by atoms with Crippen LogP contribution >= 0.6 is 11.8 Å². The highest BCUT2D eigenvalue weighted by molar-refractivity contribution is 8.00. The van der Waals surface area contributed by atoms with Crippen LogP contribution in [0.2, 0.25) is 0 Å². The molecule has 2 aromatic rings. The van der Waals surface area contributed by atoms with Crippen LogP contribution in [0.5, 0.6) is 0 Å². The van der Waals surface area contributed by atoms with Crippen LogP contribution in [-0.4, -0.2) is 40.3 Å². The second-order valence-electron chi connectivity index (χ2n) is 5.52. The highest BCUT2D eigenvalue weighted by atomic mass is 32.2. The molecule has 1 N–H and O–H groups in total. The molecule has 126 valence electrons. The minimum absolute atomic E-state index is 0.00742. The number of pyridine rings is 1. The van der Waals surface area contributed by atoms with Crippen LogP contribution in [0.25, 0.3) is 0 Å². The molecule has 2 amide bonds. The summed E-state index contributed by atoms with van der Waals surface area (Å²) in [5.41, 5.74) is 2.89. The van der Waals surface area contributed by atoms with Crippen LogP contribution < -0.4 is 5.32 Å². The number of carbonyl (C=O) groups is 2. The smallest absolute Gasteiger partial charge is 0.234 e. The number of anilines is 1. The number of hydrogen-bond acceptors (Lipinski definition) is 4. The molecule has 2 rings (SSSR count). The molecule has 6 heteroatoms. The van der Waals surface area contributed by atoms with Gasteiger partial charge in [0, 0.05) is 31.7 Å². The highest BCUT2D eigenvalue weighted by Gasteiger charge is 2.11. The average Bonchev–Trinajstić information content (AvgIpc) is 2.57. The van der Waals surface area contributed by atoms with Gasteiger partial charge < -0.3 is 10.2 Å². The van der Waals surface area contributed by atoms with E-state index in [0.717, 1.165) is 16.8 Å². The SMILES string of the molecule is Cc1ccc(NC(=O)CSCC(=O)N(C)Cc2cccnc2)cc1. The summed E-state index contributed by atoms with van der Waals surface area (Å²) in [7, 11) is 1.75. The molecular weight excluding hydrogens is 322 g/mol. The fourth-order valence-corrected chi connectivity index (χ4v) is 2.78. The van der Waals surface area contributed by atoms with Crippen molar-refractivity contribution in [2.75, 3.05) is 23.9 Å². The van der Waals surface area contributed by atoms with Crippen molar-refractivity contribution in [2.45, 2.75) is 13.5 Å². The number of benzene rings is 1. The van der Waals surface area contributed by atoms with E-state index in [1.54, 1.807) is 24.3 Å². The monoisotopic (exact) mass is 343 g/mol. The Morgan fingerprint density at radius 1 is 1.17 bits per heavy atom. The summed E-state index contributed by atoms with van der Waals surface area (Å²) in [5, 5.41) is 2.82. The molecule has 1 aromatic heterocycles. The maximum Gasteiger partial charge on any atom is 0.234 e. The number of nitrogens with zero attached hydrogens (tertiary/aromatic N) is 2. The van der Waals surface area contributed by atoms with E-state index in [1.165, 1.54) is 11.8 Å². The topological polar surface area (TPSA) is 62.3 Å². The van der Waals surface area contributed by atoms with Gasteiger partial charge in [0.25, 0.3) is 0 Å². The first-order chi connectivity index (χ1) is 11.5. The van der Waals surface area contributed by atoms with Gasteiger partial charge in [-0.2, -0.15) is 0 Å². The molecule has 0 saturated carbocycles.